The molecule has 0 unspecified atom stereocenters. The summed E-state index contributed by atoms with van der Waals surface area (Å²) in [6.45, 7) is 1.51. The summed E-state index contributed by atoms with van der Waals surface area (Å²) in [6, 6.07) is 5.02. The van der Waals surface area contributed by atoms with Crippen LogP contribution in [-0.4, -0.2) is 60.7 Å². The normalized spacial score (nSPS) is 10.3. The fourth-order valence-electron chi connectivity index (χ4n) is 2.66. The molecule has 0 atom stereocenters. The van der Waals surface area contributed by atoms with Crippen molar-refractivity contribution in [2.45, 2.75) is 19.4 Å². The number of aromatic nitrogens is 2. The zero-order valence-corrected chi connectivity index (χ0v) is 15.9. The zero-order chi connectivity index (χ0) is 19.6. The van der Waals surface area contributed by atoms with E-state index in [2.05, 4.69) is 4.98 Å². The van der Waals surface area contributed by atoms with Gasteiger partial charge in [-0.1, -0.05) is 0 Å². The Hall–Kier alpha value is -3.03. The van der Waals surface area contributed by atoms with Gasteiger partial charge in [0.2, 0.25) is 0 Å². The van der Waals surface area contributed by atoms with E-state index in [1.807, 2.05) is 10.8 Å². The quantitative estimate of drug-likeness (QED) is 0.591. The highest BCUT2D eigenvalue weighted by Crippen LogP contribution is 2.28. The molecule has 0 bridgehead atoms. The molecule has 0 spiro atoms. The van der Waals surface area contributed by atoms with Crippen LogP contribution in [0.5, 0.6) is 11.5 Å². The minimum Gasteiger partial charge on any atom is -0.493 e. The van der Waals surface area contributed by atoms with Crippen LogP contribution in [0.3, 0.4) is 0 Å². The molecule has 0 saturated carbocycles. The molecule has 1 heterocycles. The number of methoxy groups -OCH3 is 3. The van der Waals surface area contributed by atoms with Crippen molar-refractivity contribution in [1.82, 2.24) is 14.5 Å². The number of aryl methyl sites for hydroxylation is 1. The lowest BCUT2D eigenvalue weighted by molar-refractivity contribution is -0.140. The number of hydrogen-bond donors (Lipinski definition) is 0. The van der Waals surface area contributed by atoms with Gasteiger partial charge >= 0.3 is 5.97 Å². The molecule has 1 aromatic heterocycles. The van der Waals surface area contributed by atoms with E-state index in [0.29, 0.717) is 23.6 Å². The molecule has 1 amide bonds. The number of carbonyl (C=O) groups is 2. The first-order valence-electron chi connectivity index (χ1n) is 8.63. The largest absolute Gasteiger partial charge is 0.493 e. The first-order valence-corrected chi connectivity index (χ1v) is 8.63. The SMILES string of the molecule is COC(=O)CCN(CCCn1ccnc1)C(=O)c1ccc(OC)c(OC)c1. The van der Waals surface area contributed by atoms with E-state index in [-0.39, 0.29) is 24.8 Å². The van der Waals surface area contributed by atoms with Crippen molar-refractivity contribution in [3.8, 4) is 11.5 Å². The smallest absolute Gasteiger partial charge is 0.307 e. The highest BCUT2D eigenvalue weighted by molar-refractivity contribution is 5.95. The number of nitrogens with zero attached hydrogens (tertiary/aromatic N) is 3. The van der Waals surface area contributed by atoms with E-state index in [4.69, 9.17) is 14.2 Å². The standard InChI is InChI=1S/C19H25N3O5/c1-25-16-6-5-15(13-17(16)26-2)19(24)22(11-7-18(23)27-3)10-4-9-21-12-8-20-14-21/h5-6,8,12-14H,4,7,9-11H2,1-3H3. The lowest BCUT2D eigenvalue weighted by Crippen LogP contribution is -2.34. The Balaban J connectivity index is 2.09. The van der Waals surface area contributed by atoms with Crippen molar-refractivity contribution in [2.24, 2.45) is 0 Å². The average molecular weight is 375 g/mol. The number of esters is 1. The molecule has 8 heteroatoms. The molecule has 8 nitrogen and oxygen atoms in total. The third kappa shape index (κ3) is 5.73. The van der Waals surface area contributed by atoms with Crippen molar-refractivity contribution in [3.05, 3.63) is 42.5 Å². The molecule has 0 saturated heterocycles. The van der Waals surface area contributed by atoms with Gasteiger partial charge in [-0.2, -0.15) is 0 Å². The fraction of sp³-hybridized carbons (Fsp3) is 0.421. The zero-order valence-electron chi connectivity index (χ0n) is 15.9. The summed E-state index contributed by atoms with van der Waals surface area (Å²) in [5, 5.41) is 0. The van der Waals surface area contributed by atoms with Gasteiger partial charge in [0.05, 0.1) is 34.1 Å². The minimum absolute atomic E-state index is 0.139. The third-order valence-electron chi connectivity index (χ3n) is 4.13. The van der Waals surface area contributed by atoms with Gasteiger partial charge in [-0.05, 0) is 24.6 Å². The number of carbonyl (C=O) groups excluding carboxylic acids is 2. The van der Waals surface area contributed by atoms with Gasteiger partial charge in [-0.25, -0.2) is 4.98 Å². The van der Waals surface area contributed by atoms with Crippen LogP contribution in [0.4, 0.5) is 0 Å². The van der Waals surface area contributed by atoms with Crippen LogP contribution in [0.2, 0.25) is 0 Å². The lowest BCUT2D eigenvalue weighted by atomic mass is 10.1. The van der Waals surface area contributed by atoms with Gasteiger partial charge in [0, 0.05) is 37.6 Å². The van der Waals surface area contributed by atoms with E-state index in [9.17, 15) is 9.59 Å². The van der Waals surface area contributed by atoms with Crippen molar-refractivity contribution < 1.29 is 23.8 Å². The predicted molar refractivity (Wildman–Crippen MR) is 98.9 cm³/mol. The summed E-state index contributed by atoms with van der Waals surface area (Å²) in [6.07, 6.45) is 6.19. The van der Waals surface area contributed by atoms with E-state index in [0.717, 1.165) is 13.0 Å². The van der Waals surface area contributed by atoms with Crippen LogP contribution in [-0.2, 0) is 16.1 Å². The molecule has 146 valence electrons. The van der Waals surface area contributed by atoms with Crippen molar-refractivity contribution in [2.75, 3.05) is 34.4 Å². The summed E-state index contributed by atoms with van der Waals surface area (Å²) < 4.78 is 17.1. The van der Waals surface area contributed by atoms with Gasteiger partial charge in [0.15, 0.2) is 11.5 Å². The molecule has 0 aliphatic heterocycles. The van der Waals surface area contributed by atoms with Gasteiger partial charge in [0.25, 0.3) is 5.91 Å². The first kappa shape index (κ1) is 20.3. The molecule has 2 rings (SSSR count). The Bertz CT molecular complexity index is 746. The van der Waals surface area contributed by atoms with Crippen LogP contribution in [0.25, 0.3) is 0 Å². The van der Waals surface area contributed by atoms with Crippen LogP contribution < -0.4 is 9.47 Å². The maximum absolute atomic E-state index is 13.0. The second-order valence-corrected chi connectivity index (χ2v) is 5.84. The molecule has 0 aliphatic rings. The Morgan fingerprint density at radius 2 is 1.89 bits per heavy atom. The second-order valence-electron chi connectivity index (χ2n) is 5.84. The monoisotopic (exact) mass is 375 g/mol. The molecular weight excluding hydrogens is 350 g/mol. The number of imidazole rings is 1. The first-order chi connectivity index (χ1) is 13.1. The molecule has 1 aromatic carbocycles. The van der Waals surface area contributed by atoms with E-state index in [1.54, 1.807) is 35.6 Å². The molecule has 0 fully saturated rings. The highest BCUT2D eigenvalue weighted by Gasteiger charge is 2.19. The number of amides is 1. The summed E-state index contributed by atoms with van der Waals surface area (Å²) in [7, 11) is 4.40. The molecular formula is C19H25N3O5. The van der Waals surface area contributed by atoms with E-state index >= 15 is 0 Å². The predicted octanol–water partition coefficient (Wildman–Crippen LogP) is 2.00. The van der Waals surface area contributed by atoms with Crippen molar-refractivity contribution in [3.63, 3.8) is 0 Å². The minimum atomic E-state index is -0.352. The number of benzene rings is 1. The maximum Gasteiger partial charge on any atom is 0.307 e. The lowest BCUT2D eigenvalue weighted by Gasteiger charge is -2.23. The molecule has 0 aliphatic carbocycles. The Labute approximate surface area is 158 Å². The van der Waals surface area contributed by atoms with Gasteiger partial charge in [-0.3, -0.25) is 9.59 Å². The maximum atomic E-state index is 13.0. The molecule has 27 heavy (non-hydrogen) atoms. The van der Waals surface area contributed by atoms with Gasteiger partial charge in [-0.15, -0.1) is 0 Å². The topological polar surface area (TPSA) is 82.9 Å². The summed E-state index contributed by atoms with van der Waals surface area (Å²) in [5.74, 6) is 0.505. The third-order valence-corrected chi connectivity index (χ3v) is 4.13. The molecule has 2 aromatic rings. The Morgan fingerprint density at radius 1 is 1.11 bits per heavy atom. The number of ether oxygens (including phenoxy) is 3. The average Bonchev–Trinajstić information content (AvgIpc) is 3.22. The van der Waals surface area contributed by atoms with Crippen LogP contribution in [0.1, 0.15) is 23.2 Å². The van der Waals surface area contributed by atoms with Crippen LogP contribution in [0, 0.1) is 0 Å². The summed E-state index contributed by atoms with van der Waals surface area (Å²) >= 11 is 0. The fourth-order valence-corrected chi connectivity index (χ4v) is 2.66. The second kappa shape index (κ2) is 10.2. The van der Waals surface area contributed by atoms with E-state index in [1.165, 1.54) is 21.3 Å². The van der Waals surface area contributed by atoms with Crippen LogP contribution >= 0.6 is 0 Å². The van der Waals surface area contributed by atoms with Crippen molar-refractivity contribution in [1.29, 1.82) is 0 Å². The van der Waals surface area contributed by atoms with Gasteiger partial charge in [0.1, 0.15) is 0 Å². The van der Waals surface area contributed by atoms with Crippen molar-refractivity contribution >= 4 is 11.9 Å². The van der Waals surface area contributed by atoms with E-state index < -0.39 is 0 Å². The number of hydrogen-bond acceptors (Lipinski definition) is 6. The summed E-state index contributed by atoms with van der Waals surface area (Å²) in [4.78, 5) is 30.1. The summed E-state index contributed by atoms with van der Waals surface area (Å²) in [5.41, 5.74) is 0.472. The van der Waals surface area contributed by atoms with Gasteiger partial charge < -0.3 is 23.7 Å². The number of rotatable bonds is 10. The van der Waals surface area contributed by atoms with Crippen LogP contribution in [0.15, 0.2) is 36.9 Å². The Kier molecular flexibility index (Phi) is 7.66. The molecule has 0 N–H and O–H groups in total. The molecule has 0 radical (unpaired) electrons. The highest BCUT2D eigenvalue weighted by atomic mass is 16.5. The Morgan fingerprint density at radius 3 is 2.52 bits per heavy atom.